The first-order valence-electron chi connectivity index (χ1n) is 8.76. The van der Waals surface area contributed by atoms with Gasteiger partial charge in [-0.25, -0.2) is 4.98 Å². The van der Waals surface area contributed by atoms with Crippen LogP contribution in [0.15, 0.2) is 67.1 Å². The van der Waals surface area contributed by atoms with Gasteiger partial charge < -0.3 is 15.0 Å². The summed E-state index contributed by atoms with van der Waals surface area (Å²) in [5.41, 5.74) is 2.52. The number of methoxy groups -OCH3 is 1. The summed E-state index contributed by atoms with van der Waals surface area (Å²) in [4.78, 5) is 19.0. The van der Waals surface area contributed by atoms with Gasteiger partial charge in [0.25, 0.3) is 5.91 Å². The molecule has 3 aromatic rings. The van der Waals surface area contributed by atoms with E-state index in [1.165, 1.54) is 0 Å². The van der Waals surface area contributed by atoms with Gasteiger partial charge in [0.1, 0.15) is 11.4 Å². The lowest BCUT2D eigenvalue weighted by molar-refractivity contribution is 0.0935. The average molecular weight is 364 g/mol. The first kappa shape index (κ1) is 18.7. The molecule has 1 N–H and O–H groups in total. The number of benzene rings is 2. The van der Waals surface area contributed by atoms with E-state index in [4.69, 9.17) is 4.74 Å². The molecule has 140 valence electrons. The maximum absolute atomic E-state index is 12.7. The molecule has 0 aliphatic heterocycles. The van der Waals surface area contributed by atoms with Gasteiger partial charge in [-0.2, -0.15) is 0 Å². The molecule has 0 radical (unpaired) electrons. The number of rotatable bonds is 7. The minimum atomic E-state index is -0.156. The molecular weight excluding hydrogens is 340 g/mol. The molecule has 0 bridgehead atoms. The highest BCUT2D eigenvalue weighted by Gasteiger charge is 2.18. The van der Waals surface area contributed by atoms with Gasteiger partial charge in [0.15, 0.2) is 0 Å². The van der Waals surface area contributed by atoms with Crippen LogP contribution in [0.4, 0.5) is 0 Å². The van der Waals surface area contributed by atoms with Gasteiger partial charge >= 0.3 is 0 Å². The largest absolute Gasteiger partial charge is 0.497 e. The van der Waals surface area contributed by atoms with Crippen molar-refractivity contribution in [2.75, 3.05) is 27.7 Å². The molecule has 0 saturated heterocycles. The molecule has 1 unspecified atom stereocenters. The van der Waals surface area contributed by atoms with Crippen molar-refractivity contribution in [1.82, 2.24) is 19.8 Å². The summed E-state index contributed by atoms with van der Waals surface area (Å²) in [5, 5.41) is 3.03. The predicted octanol–water partition coefficient (Wildman–Crippen LogP) is 2.91. The van der Waals surface area contributed by atoms with Crippen molar-refractivity contribution >= 4 is 5.91 Å². The molecule has 1 aromatic heterocycles. The van der Waals surface area contributed by atoms with Crippen LogP contribution in [0.1, 0.15) is 22.1 Å². The summed E-state index contributed by atoms with van der Waals surface area (Å²) in [6.07, 6.45) is 3.23. The highest BCUT2D eigenvalue weighted by Crippen LogP contribution is 2.21. The molecule has 2 aromatic carbocycles. The zero-order valence-electron chi connectivity index (χ0n) is 15.8. The third kappa shape index (κ3) is 4.35. The van der Waals surface area contributed by atoms with Gasteiger partial charge in [-0.05, 0) is 43.9 Å². The number of likely N-dealkylation sites (N-methyl/N-ethyl adjacent to an activating group) is 1. The molecule has 1 amide bonds. The fourth-order valence-corrected chi connectivity index (χ4v) is 2.96. The Morgan fingerprint density at radius 1 is 1.15 bits per heavy atom. The standard InChI is InChI=1S/C21H24N4O2/c1-24(2)19(16-9-11-18(27-3)12-10-16)14-23-21(26)20-13-22-15-25(20)17-7-5-4-6-8-17/h4-13,15,19H,14H2,1-3H3,(H,23,26). The molecule has 3 rings (SSSR count). The Balaban J connectivity index is 1.73. The number of nitrogens with zero attached hydrogens (tertiary/aromatic N) is 3. The second-order valence-corrected chi connectivity index (χ2v) is 6.45. The Morgan fingerprint density at radius 3 is 2.48 bits per heavy atom. The molecule has 1 atom stereocenters. The summed E-state index contributed by atoms with van der Waals surface area (Å²) in [6, 6.07) is 17.6. The first-order chi connectivity index (χ1) is 13.1. The molecule has 27 heavy (non-hydrogen) atoms. The van der Waals surface area contributed by atoms with E-state index in [1.807, 2.05) is 68.7 Å². The first-order valence-corrected chi connectivity index (χ1v) is 8.76. The van der Waals surface area contributed by atoms with E-state index in [1.54, 1.807) is 24.2 Å². The third-order valence-corrected chi connectivity index (χ3v) is 4.49. The number of imidazole rings is 1. The predicted molar refractivity (Wildman–Crippen MR) is 105 cm³/mol. The molecule has 1 heterocycles. The number of hydrogen-bond donors (Lipinski definition) is 1. The van der Waals surface area contributed by atoms with Crippen molar-refractivity contribution in [3.63, 3.8) is 0 Å². The van der Waals surface area contributed by atoms with Gasteiger partial charge in [-0.15, -0.1) is 0 Å². The summed E-state index contributed by atoms with van der Waals surface area (Å²) >= 11 is 0. The molecule has 0 saturated carbocycles. The number of para-hydroxylation sites is 1. The van der Waals surface area contributed by atoms with Crippen LogP contribution in [0.5, 0.6) is 5.75 Å². The van der Waals surface area contributed by atoms with E-state index in [0.717, 1.165) is 17.0 Å². The van der Waals surface area contributed by atoms with Crippen molar-refractivity contribution in [3.05, 3.63) is 78.4 Å². The third-order valence-electron chi connectivity index (χ3n) is 4.49. The second-order valence-electron chi connectivity index (χ2n) is 6.45. The normalized spacial score (nSPS) is 12.0. The van der Waals surface area contributed by atoms with Crippen molar-refractivity contribution < 1.29 is 9.53 Å². The summed E-state index contributed by atoms with van der Waals surface area (Å²) in [6.45, 7) is 0.484. The van der Waals surface area contributed by atoms with Gasteiger partial charge in [0, 0.05) is 12.2 Å². The van der Waals surface area contributed by atoms with Crippen molar-refractivity contribution in [2.24, 2.45) is 0 Å². The van der Waals surface area contributed by atoms with Crippen LogP contribution in [0.25, 0.3) is 5.69 Å². The lowest BCUT2D eigenvalue weighted by Gasteiger charge is -2.25. The summed E-state index contributed by atoms with van der Waals surface area (Å²) < 4.78 is 7.00. The van der Waals surface area contributed by atoms with E-state index in [-0.39, 0.29) is 11.9 Å². The van der Waals surface area contributed by atoms with E-state index >= 15 is 0 Å². The molecule has 0 aliphatic carbocycles. The van der Waals surface area contributed by atoms with Crippen LogP contribution in [-0.2, 0) is 0 Å². The van der Waals surface area contributed by atoms with Crippen LogP contribution in [0, 0.1) is 0 Å². The van der Waals surface area contributed by atoms with Crippen LogP contribution in [0.3, 0.4) is 0 Å². The van der Waals surface area contributed by atoms with Crippen molar-refractivity contribution in [1.29, 1.82) is 0 Å². The maximum Gasteiger partial charge on any atom is 0.269 e. The Kier molecular flexibility index (Phi) is 5.88. The number of amides is 1. The van der Waals surface area contributed by atoms with E-state index in [2.05, 4.69) is 15.2 Å². The monoisotopic (exact) mass is 364 g/mol. The lowest BCUT2D eigenvalue weighted by atomic mass is 10.1. The average Bonchev–Trinajstić information content (AvgIpc) is 3.19. The lowest BCUT2D eigenvalue weighted by Crippen LogP contribution is -2.35. The molecule has 0 fully saturated rings. The number of hydrogen-bond acceptors (Lipinski definition) is 4. The Bertz CT molecular complexity index is 873. The molecule has 0 aliphatic rings. The quantitative estimate of drug-likeness (QED) is 0.700. The summed E-state index contributed by atoms with van der Waals surface area (Å²) in [7, 11) is 5.64. The second kappa shape index (κ2) is 8.51. The number of carbonyl (C=O) groups is 1. The van der Waals surface area contributed by atoms with Crippen LogP contribution >= 0.6 is 0 Å². The van der Waals surface area contributed by atoms with Gasteiger partial charge in [-0.3, -0.25) is 9.36 Å². The number of aromatic nitrogens is 2. The van der Waals surface area contributed by atoms with Gasteiger partial charge in [-0.1, -0.05) is 30.3 Å². The highest BCUT2D eigenvalue weighted by atomic mass is 16.5. The minimum absolute atomic E-state index is 0.0490. The number of nitrogens with one attached hydrogen (secondary N) is 1. The maximum atomic E-state index is 12.7. The number of ether oxygens (including phenoxy) is 1. The van der Waals surface area contributed by atoms with Gasteiger partial charge in [0.2, 0.25) is 0 Å². The highest BCUT2D eigenvalue weighted by molar-refractivity contribution is 5.93. The minimum Gasteiger partial charge on any atom is -0.497 e. The zero-order chi connectivity index (χ0) is 19.2. The van der Waals surface area contributed by atoms with Gasteiger partial charge in [0.05, 0.1) is 25.7 Å². The zero-order valence-corrected chi connectivity index (χ0v) is 15.8. The van der Waals surface area contributed by atoms with Crippen LogP contribution in [0.2, 0.25) is 0 Å². The molecule has 0 spiro atoms. The van der Waals surface area contributed by atoms with E-state index in [9.17, 15) is 4.79 Å². The molecular formula is C21H24N4O2. The van der Waals surface area contributed by atoms with Crippen LogP contribution < -0.4 is 10.1 Å². The molecule has 6 heteroatoms. The topological polar surface area (TPSA) is 59.4 Å². The fraction of sp³-hybridized carbons (Fsp3) is 0.238. The smallest absolute Gasteiger partial charge is 0.269 e. The SMILES string of the molecule is COc1ccc(C(CNC(=O)c2cncn2-c2ccccc2)N(C)C)cc1. The Morgan fingerprint density at radius 2 is 1.85 bits per heavy atom. The fourth-order valence-electron chi connectivity index (χ4n) is 2.96. The Hall–Kier alpha value is -3.12. The number of carbonyl (C=O) groups excluding carboxylic acids is 1. The Labute approximate surface area is 159 Å². The summed E-state index contributed by atoms with van der Waals surface area (Å²) in [5.74, 6) is 0.656. The van der Waals surface area contributed by atoms with Crippen molar-refractivity contribution in [2.45, 2.75) is 6.04 Å². The van der Waals surface area contributed by atoms with E-state index < -0.39 is 0 Å². The van der Waals surface area contributed by atoms with Crippen molar-refractivity contribution in [3.8, 4) is 11.4 Å². The van der Waals surface area contributed by atoms with Crippen LogP contribution in [-0.4, -0.2) is 48.1 Å². The molecule has 6 nitrogen and oxygen atoms in total. The van der Waals surface area contributed by atoms with E-state index in [0.29, 0.717) is 12.2 Å².